The van der Waals surface area contributed by atoms with E-state index < -0.39 is 0 Å². The maximum atomic E-state index is 4.13. The molecule has 2 aromatic rings. The predicted molar refractivity (Wildman–Crippen MR) is 46.1 cm³/mol. The van der Waals surface area contributed by atoms with Crippen LogP contribution in [0, 0.1) is 6.92 Å². The number of aryl methyl sites for hydroxylation is 1. The Balaban J connectivity index is 2.51. The summed E-state index contributed by atoms with van der Waals surface area (Å²) in [6.07, 6.45) is 7.28. The number of rotatable bonds is 1. The lowest BCUT2D eigenvalue weighted by Gasteiger charge is -2.02. The topological polar surface area (TPSA) is 30.7 Å². The zero-order valence-electron chi connectivity index (χ0n) is 6.81. The van der Waals surface area contributed by atoms with Gasteiger partial charge in [0.15, 0.2) is 0 Å². The van der Waals surface area contributed by atoms with Crippen LogP contribution in [0.2, 0.25) is 0 Å². The minimum absolute atomic E-state index is 0.975. The van der Waals surface area contributed by atoms with Gasteiger partial charge in [0, 0.05) is 18.6 Å². The Bertz CT molecular complexity index is 364. The minimum Gasteiger partial charge on any atom is -0.302 e. The molecule has 3 heteroatoms. The van der Waals surface area contributed by atoms with Crippen molar-refractivity contribution in [3.63, 3.8) is 0 Å². The molecule has 2 aromatic heterocycles. The Morgan fingerprint density at radius 3 is 2.83 bits per heavy atom. The fourth-order valence-corrected chi connectivity index (χ4v) is 1.15. The zero-order valence-corrected chi connectivity index (χ0v) is 6.81. The molecule has 0 saturated carbocycles. The molecule has 0 saturated heterocycles. The highest BCUT2D eigenvalue weighted by Crippen LogP contribution is 2.06. The van der Waals surface area contributed by atoms with Gasteiger partial charge in [0.25, 0.3) is 0 Å². The van der Waals surface area contributed by atoms with E-state index in [0.717, 1.165) is 11.5 Å². The summed E-state index contributed by atoms with van der Waals surface area (Å²) in [6.45, 7) is 1.97. The first-order valence-electron chi connectivity index (χ1n) is 3.78. The normalized spacial score (nSPS) is 10.1. The van der Waals surface area contributed by atoms with Gasteiger partial charge >= 0.3 is 0 Å². The van der Waals surface area contributed by atoms with Crippen LogP contribution in [0.25, 0.3) is 5.69 Å². The molecule has 2 rings (SSSR count). The second-order valence-electron chi connectivity index (χ2n) is 2.56. The Hall–Kier alpha value is -1.64. The largest absolute Gasteiger partial charge is 0.302 e. The van der Waals surface area contributed by atoms with Crippen molar-refractivity contribution in [1.29, 1.82) is 0 Å². The van der Waals surface area contributed by atoms with Crippen LogP contribution in [0.5, 0.6) is 0 Å². The van der Waals surface area contributed by atoms with Crippen LogP contribution in [0.3, 0.4) is 0 Å². The summed E-state index contributed by atoms with van der Waals surface area (Å²) in [6, 6.07) is 3.91. The first kappa shape index (κ1) is 7.03. The summed E-state index contributed by atoms with van der Waals surface area (Å²) in [5, 5.41) is 0. The van der Waals surface area contributed by atoms with E-state index in [4.69, 9.17) is 0 Å². The number of pyridine rings is 1. The number of aromatic nitrogens is 3. The average molecular weight is 159 g/mol. The Morgan fingerprint density at radius 1 is 1.33 bits per heavy atom. The van der Waals surface area contributed by atoms with Gasteiger partial charge in [-0.05, 0) is 19.1 Å². The maximum absolute atomic E-state index is 4.13. The smallest absolute Gasteiger partial charge is 0.110 e. The van der Waals surface area contributed by atoms with E-state index in [0.29, 0.717) is 0 Å². The summed E-state index contributed by atoms with van der Waals surface area (Å²) in [5.41, 5.74) is 1.05. The molecule has 0 atom stereocenters. The average Bonchev–Trinajstić information content (AvgIpc) is 2.53. The Kier molecular flexibility index (Phi) is 1.63. The molecule has 2 heterocycles. The summed E-state index contributed by atoms with van der Waals surface area (Å²) in [7, 11) is 0. The van der Waals surface area contributed by atoms with Crippen molar-refractivity contribution in [2.45, 2.75) is 6.92 Å². The maximum Gasteiger partial charge on any atom is 0.110 e. The molecule has 0 bridgehead atoms. The van der Waals surface area contributed by atoms with Gasteiger partial charge < -0.3 is 4.57 Å². The summed E-state index contributed by atoms with van der Waals surface area (Å²) >= 11 is 0. The summed E-state index contributed by atoms with van der Waals surface area (Å²) in [4.78, 5) is 8.16. The molecule has 3 nitrogen and oxygen atoms in total. The van der Waals surface area contributed by atoms with Crippen molar-refractivity contribution in [1.82, 2.24) is 14.5 Å². The number of hydrogen-bond acceptors (Lipinski definition) is 2. The first-order chi connectivity index (χ1) is 5.88. The fourth-order valence-electron chi connectivity index (χ4n) is 1.15. The number of hydrogen-bond donors (Lipinski definition) is 0. The molecule has 0 fully saturated rings. The SMILES string of the molecule is Cc1nccn1-c1cccnc1. The van der Waals surface area contributed by atoms with Crippen molar-refractivity contribution in [3.05, 3.63) is 42.7 Å². The highest BCUT2D eigenvalue weighted by molar-refractivity contribution is 5.28. The van der Waals surface area contributed by atoms with Gasteiger partial charge in [-0.15, -0.1) is 0 Å². The predicted octanol–water partition coefficient (Wildman–Crippen LogP) is 1.58. The van der Waals surface area contributed by atoms with Crippen molar-refractivity contribution < 1.29 is 0 Å². The van der Waals surface area contributed by atoms with Gasteiger partial charge in [-0.25, -0.2) is 4.98 Å². The van der Waals surface area contributed by atoms with Gasteiger partial charge in [-0.1, -0.05) is 0 Å². The lowest BCUT2D eigenvalue weighted by molar-refractivity contribution is 0.965. The van der Waals surface area contributed by atoms with Gasteiger partial charge in [-0.3, -0.25) is 4.98 Å². The van der Waals surface area contributed by atoms with Gasteiger partial charge in [0.1, 0.15) is 5.82 Å². The Morgan fingerprint density at radius 2 is 2.25 bits per heavy atom. The highest BCUT2D eigenvalue weighted by atomic mass is 15.1. The Labute approximate surface area is 70.7 Å². The summed E-state index contributed by atoms with van der Waals surface area (Å²) < 4.78 is 1.99. The van der Waals surface area contributed by atoms with Crippen molar-refractivity contribution in [2.24, 2.45) is 0 Å². The molecule has 12 heavy (non-hydrogen) atoms. The second kappa shape index (κ2) is 2.77. The third-order valence-corrected chi connectivity index (χ3v) is 1.75. The van der Waals surface area contributed by atoms with E-state index in [-0.39, 0.29) is 0 Å². The molecule has 0 aromatic carbocycles. The lowest BCUT2D eigenvalue weighted by atomic mass is 10.4. The molecule has 0 spiro atoms. The van der Waals surface area contributed by atoms with Crippen molar-refractivity contribution >= 4 is 0 Å². The second-order valence-corrected chi connectivity index (χ2v) is 2.56. The van der Waals surface area contributed by atoms with E-state index in [1.54, 1.807) is 12.4 Å². The molecule has 0 unspecified atom stereocenters. The zero-order chi connectivity index (χ0) is 8.39. The van der Waals surface area contributed by atoms with Crippen molar-refractivity contribution in [3.8, 4) is 5.69 Å². The molecule has 0 N–H and O–H groups in total. The van der Waals surface area contributed by atoms with Crippen LogP contribution in [-0.2, 0) is 0 Å². The standard InChI is InChI=1S/C9H9N3/c1-8-11-5-6-12(8)9-3-2-4-10-7-9/h2-7H,1H3. The quantitative estimate of drug-likeness (QED) is 0.632. The van der Waals surface area contributed by atoms with E-state index in [9.17, 15) is 0 Å². The third kappa shape index (κ3) is 1.09. The van der Waals surface area contributed by atoms with E-state index in [2.05, 4.69) is 9.97 Å². The fraction of sp³-hybridized carbons (Fsp3) is 0.111. The van der Waals surface area contributed by atoms with Gasteiger partial charge in [-0.2, -0.15) is 0 Å². The molecule has 0 aliphatic heterocycles. The number of imidazole rings is 1. The van der Waals surface area contributed by atoms with Crippen LogP contribution in [0.15, 0.2) is 36.9 Å². The molecular weight excluding hydrogens is 150 g/mol. The van der Waals surface area contributed by atoms with Crippen LogP contribution < -0.4 is 0 Å². The summed E-state index contributed by atoms with van der Waals surface area (Å²) in [5.74, 6) is 0.975. The molecule has 0 aliphatic rings. The highest BCUT2D eigenvalue weighted by Gasteiger charge is 1.97. The third-order valence-electron chi connectivity index (χ3n) is 1.75. The van der Waals surface area contributed by atoms with Gasteiger partial charge in [0.05, 0.1) is 11.9 Å². The molecule has 0 radical (unpaired) electrons. The molecule has 0 aliphatic carbocycles. The molecule has 0 amide bonds. The van der Waals surface area contributed by atoms with E-state index in [1.165, 1.54) is 0 Å². The van der Waals surface area contributed by atoms with Crippen molar-refractivity contribution in [2.75, 3.05) is 0 Å². The minimum atomic E-state index is 0.975. The molecule has 60 valence electrons. The van der Waals surface area contributed by atoms with Crippen LogP contribution >= 0.6 is 0 Å². The van der Waals surface area contributed by atoms with E-state index in [1.807, 2.05) is 36.0 Å². The van der Waals surface area contributed by atoms with Crippen LogP contribution in [-0.4, -0.2) is 14.5 Å². The van der Waals surface area contributed by atoms with E-state index >= 15 is 0 Å². The number of nitrogens with zero attached hydrogens (tertiary/aromatic N) is 3. The van der Waals surface area contributed by atoms with Crippen LogP contribution in [0.1, 0.15) is 5.82 Å². The monoisotopic (exact) mass is 159 g/mol. The van der Waals surface area contributed by atoms with Crippen LogP contribution in [0.4, 0.5) is 0 Å². The first-order valence-corrected chi connectivity index (χ1v) is 3.78. The van der Waals surface area contributed by atoms with Gasteiger partial charge in [0.2, 0.25) is 0 Å². The molecular formula is C9H9N3. The lowest BCUT2D eigenvalue weighted by Crippen LogP contribution is -1.94.